The van der Waals surface area contributed by atoms with E-state index in [0.717, 1.165) is 0 Å². The highest BCUT2D eigenvalue weighted by atomic mass is 35.5. The molecule has 0 aliphatic rings. The number of nitrogens with zero attached hydrogens (tertiary/aromatic N) is 2. The Kier molecular flexibility index (Phi) is 6.30. The van der Waals surface area contributed by atoms with Gasteiger partial charge in [-0.2, -0.15) is 5.26 Å². The summed E-state index contributed by atoms with van der Waals surface area (Å²) in [5, 5.41) is 9.49. The molecule has 1 atom stereocenters. The standard InChI is InChI=1S/C14H16Cl2N2O/c1-3-18(8-4-7-17)10(2)14(19)12-6-5-11(15)9-13(12)16/h5-6,9-10H,3-4,8H2,1-2H3. The molecule has 0 aliphatic carbocycles. The monoisotopic (exact) mass is 298 g/mol. The van der Waals surface area contributed by atoms with E-state index in [9.17, 15) is 4.79 Å². The zero-order valence-corrected chi connectivity index (χ0v) is 12.5. The van der Waals surface area contributed by atoms with Crippen LogP contribution in [0.2, 0.25) is 10.0 Å². The molecule has 0 amide bonds. The van der Waals surface area contributed by atoms with Crippen molar-refractivity contribution in [3.05, 3.63) is 33.8 Å². The van der Waals surface area contributed by atoms with E-state index in [2.05, 4.69) is 6.07 Å². The molecule has 0 saturated carbocycles. The van der Waals surface area contributed by atoms with Gasteiger partial charge in [-0.25, -0.2) is 0 Å². The lowest BCUT2D eigenvalue weighted by Crippen LogP contribution is -2.39. The normalized spacial score (nSPS) is 12.2. The zero-order chi connectivity index (χ0) is 14.4. The second-order valence-corrected chi connectivity index (χ2v) is 5.04. The van der Waals surface area contributed by atoms with Gasteiger partial charge in [-0.1, -0.05) is 30.1 Å². The molecule has 0 aliphatic heterocycles. The van der Waals surface area contributed by atoms with E-state index in [1.54, 1.807) is 18.2 Å². The van der Waals surface area contributed by atoms with Crippen LogP contribution in [0.5, 0.6) is 0 Å². The molecule has 0 fully saturated rings. The Morgan fingerprint density at radius 1 is 1.47 bits per heavy atom. The van der Waals surface area contributed by atoms with Crippen molar-refractivity contribution in [2.45, 2.75) is 26.3 Å². The van der Waals surface area contributed by atoms with Crippen LogP contribution < -0.4 is 0 Å². The van der Waals surface area contributed by atoms with Crippen LogP contribution in [0.25, 0.3) is 0 Å². The molecule has 102 valence electrons. The summed E-state index contributed by atoms with van der Waals surface area (Å²) in [6.07, 6.45) is 0.403. The largest absolute Gasteiger partial charge is 0.293 e. The van der Waals surface area contributed by atoms with Crippen LogP contribution in [0.1, 0.15) is 30.6 Å². The molecular formula is C14H16Cl2N2O. The molecule has 1 unspecified atom stereocenters. The summed E-state index contributed by atoms with van der Waals surface area (Å²) >= 11 is 11.9. The fourth-order valence-corrected chi connectivity index (χ4v) is 2.40. The van der Waals surface area contributed by atoms with Gasteiger partial charge in [0.1, 0.15) is 0 Å². The average Bonchev–Trinajstić information content (AvgIpc) is 2.38. The summed E-state index contributed by atoms with van der Waals surface area (Å²) in [6, 6.07) is 6.64. The van der Waals surface area contributed by atoms with Crippen molar-refractivity contribution in [1.82, 2.24) is 4.90 Å². The minimum Gasteiger partial charge on any atom is -0.293 e. The Labute approximate surface area is 123 Å². The van der Waals surface area contributed by atoms with Gasteiger partial charge in [-0.05, 0) is 31.7 Å². The Morgan fingerprint density at radius 2 is 2.16 bits per heavy atom. The van der Waals surface area contributed by atoms with Gasteiger partial charge in [0, 0.05) is 23.6 Å². The molecule has 5 heteroatoms. The molecule has 3 nitrogen and oxygen atoms in total. The number of carbonyl (C=O) groups excluding carboxylic acids is 1. The second-order valence-electron chi connectivity index (χ2n) is 4.20. The summed E-state index contributed by atoms with van der Waals surface area (Å²) in [4.78, 5) is 14.3. The molecule has 19 heavy (non-hydrogen) atoms. The molecule has 0 saturated heterocycles. The van der Waals surface area contributed by atoms with E-state index in [1.165, 1.54) is 0 Å². The van der Waals surface area contributed by atoms with Gasteiger partial charge in [0.15, 0.2) is 5.78 Å². The highest BCUT2D eigenvalue weighted by Crippen LogP contribution is 2.23. The lowest BCUT2D eigenvalue weighted by atomic mass is 10.0. The van der Waals surface area contributed by atoms with Crippen molar-refractivity contribution in [3.8, 4) is 6.07 Å². The lowest BCUT2D eigenvalue weighted by Gasteiger charge is -2.26. The number of halogens is 2. The van der Waals surface area contributed by atoms with E-state index in [4.69, 9.17) is 28.5 Å². The Balaban J connectivity index is 2.89. The minimum absolute atomic E-state index is 0.0542. The van der Waals surface area contributed by atoms with E-state index >= 15 is 0 Å². The van der Waals surface area contributed by atoms with Crippen molar-refractivity contribution in [3.63, 3.8) is 0 Å². The van der Waals surface area contributed by atoms with E-state index in [1.807, 2.05) is 18.7 Å². The third kappa shape index (κ3) is 4.21. The molecule has 0 spiro atoms. The summed E-state index contributed by atoms with van der Waals surface area (Å²) in [6.45, 7) is 5.07. The van der Waals surface area contributed by atoms with E-state index in [0.29, 0.717) is 35.1 Å². The van der Waals surface area contributed by atoms with Crippen LogP contribution in [-0.4, -0.2) is 29.8 Å². The van der Waals surface area contributed by atoms with Crippen molar-refractivity contribution < 1.29 is 4.79 Å². The average molecular weight is 299 g/mol. The number of rotatable bonds is 6. The number of carbonyl (C=O) groups is 1. The van der Waals surface area contributed by atoms with Crippen LogP contribution in [0.4, 0.5) is 0 Å². The van der Waals surface area contributed by atoms with Crippen LogP contribution in [0.3, 0.4) is 0 Å². The SMILES string of the molecule is CCN(CCC#N)C(C)C(=O)c1ccc(Cl)cc1Cl. The van der Waals surface area contributed by atoms with Crippen LogP contribution in [0.15, 0.2) is 18.2 Å². The summed E-state index contributed by atoms with van der Waals surface area (Å²) in [5.74, 6) is -0.0542. The van der Waals surface area contributed by atoms with Gasteiger partial charge in [0.25, 0.3) is 0 Å². The van der Waals surface area contributed by atoms with Crippen molar-refractivity contribution in [1.29, 1.82) is 5.26 Å². The highest BCUT2D eigenvalue weighted by Gasteiger charge is 2.22. The fraction of sp³-hybridized carbons (Fsp3) is 0.429. The Bertz CT molecular complexity index is 497. The van der Waals surface area contributed by atoms with Crippen molar-refractivity contribution >= 4 is 29.0 Å². The summed E-state index contributed by atoms with van der Waals surface area (Å²) < 4.78 is 0. The number of nitriles is 1. The number of ketones is 1. The van der Waals surface area contributed by atoms with E-state index in [-0.39, 0.29) is 11.8 Å². The van der Waals surface area contributed by atoms with Crippen LogP contribution in [-0.2, 0) is 0 Å². The van der Waals surface area contributed by atoms with Gasteiger partial charge >= 0.3 is 0 Å². The first kappa shape index (κ1) is 16.0. The Morgan fingerprint density at radius 3 is 2.68 bits per heavy atom. The first-order valence-corrected chi connectivity index (χ1v) is 6.87. The van der Waals surface area contributed by atoms with Crippen LogP contribution in [0, 0.1) is 11.3 Å². The third-order valence-corrected chi connectivity index (χ3v) is 3.59. The van der Waals surface area contributed by atoms with Gasteiger partial charge in [0.2, 0.25) is 0 Å². The maximum Gasteiger partial charge on any atom is 0.181 e. The number of hydrogen-bond donors (Lipinski definition) is 0. The lowest BCUT2D eigenvalue weighted by molar-refractivity contribution is 0.0847. The summed E-state index contributed by atoms with van der Waals surface area (Å²) in [7, 11) is 0. The predicted molar refractivity (Wildman–Crippen MR) is 77.7 cm³/mol. The highest BCUT2D eigenvalue weighted by molar-refractivity contribution is 6.37. The number of benzene rings is 1. The molecule has 1 rings (SSSR count). The smallest absolute Gasteiger partial charge is 0.181 e. The van der Waals surface area contributed by atoms with E-state index < -0.39 is 0 Å². The number of hydrogen-bond acceptors (Lipinski definition) is 3. The molecule has 0 aromatic heterocycles. The number of Topliss-reactive ketones (excluding diaryl/α,β-unsaturated/α-hetero) is 1. The zero-order valence-electron chi connectivity index (χ0n) is 11.0. The molecule has 1 aromatic carbocycles. The molecule has 0 radical (unpaired) electrons. The first-order chi connectivity index (χ1) is 9.01. The van der Waals surface area contributed by atoms with Gasteiger partial charge < -0.3 is 0 Å². The summed E-state index contributed by atoms with van der Waals surface area (Å²) in [5.41, 5.74) is 0.467. The first-order valence-electron chi connectivity index (χ1n) is 6.11. The van der Waals surface area contributed by atoms with Crippen molar-refractivity contribution in [2.24, 2.45) is 0 Å². The molecule has 0 bridgehead atoms. The number of likely N-dealkylation sites (N-methyl/N-ethyl adjacent to an activating group) is 1. The van der Waals surface area contributed by atoms with Gasteiger partial charge in [-0.15, -0.1) is 0 Å². The quantitative estimate of drug-likeness (QED) is 0.750. The molecule has 1 aromatic rings. The third-order valence-electron chi connectivity index (χ3n) is 3.04. The topological polar surface area (TPSA) is 44.1 Å². The van der Waals surface area contributed by atoms with Crippen LogP contribution >= 0.6 is 23.2 Å². The Hall–Kier alpha value is -1.08. The molecule has 0 heterocycles. The maximum absolute atomic E-state index is 12.4. The van der Waals surface area contributed by atoms with Gasteiger partial charge in [-0.3, -0.25) is 9.69 Å². The fourth-order valence-electron chi connectivity index (χ4n) is 1.90. The second kappa shape index (κ2) is 7.49. The van der Waals surface area contributed by atoms with Gasteiger partial charge in [0.05, 0.1) is 17.1 Å². The molecule has 0 N–H and O–H groups in total. The predicted octanol–water partition coefficient (Wildman–Crippen LogP) is 3.80. The van der Waals surface area contributed by atoms with Crippen molar-refractivity contribution in [2.75, 3.05) is 13.1 Å². The minimum atomic E-state index is -0.308. The maximum atomic E-state index is 12.4. The molecular weight excluding hydrogens is 283 g/mol.